The highest BCUT2D eigenvalue weighted by molar-refractivity contribution is 5.90. The van der Waals surface area contributed by atoms with E-state index < -0.39 is 28.0 Å². The first-order valence-electron chi connectivity index (χ1n) is 6.51. The van der Waals surface area contributed by atoms with E-state index in [1.807, 2.05) is 27.7 Å². The van der Waals surface area contributed by atoms with Gasteiger partial charge in [-0.1, -0.05) is 27.7 Å². The number of carboxylic acids is 1. The van der Waals surface area contributed by atoms with Crippen LogP contribution in [0.5, 0.6) is 0 Å². The van der Waals surface area contributed by atoms with Crippen molar-refractivity contribution in [3.05, 3.63) is 33.6 Å². The molecule has 0 saturated heterocycles. The van der Waals surface area contributed by atoms with Gasteiger partial charge in [-0.15, -0.1) is 0 Å². The molecule has 0 radical (unpaired) electrons. The number of nitro benzene ring substituents is 1. The van der Waals surface area contributed by atoms with Gasteiger partial charge >= 0.3 is 5.97 Å². The lowest BCUT2D eigenvalue weighted by Gasteiger charge is -2.29. The number of carbonyl (C=O) groups is 1. The molecule has 0 aliphatic rings. The number of nitrogens with one attached hydrogen (secondary N) is 1. The molecule has 6 nitrogen and oxygen atoms in total. The summed E-state index contributed by atoms with van der Waals surface area (Å²) in [5, 5.41) is 22.7. The van der Waals surface area contributed by atoms with Gasteiger partial charge in [0.2, 0.25) is 0 Å². The first kappa shape index (κ1) is 16.9. The molecule has 1 rings (SSSR count). The van der Waals surface area contributed by atoms with Crippen molar-refractivity contribution in [1.82, 2.24) is 0 Å². The molecule has 0 heterocycles. The van der Waals surface area contributed by atoms with Crippen LogP contribution in [0.1, 0.15) is 38.1 Å². The molecule has 1 aromatic rings. The zero-order valence-electron chi connectivity index (χ0n) is 12.4. The summed E-state index contributed by atoms with van der Waals surface area (Å²) in [6.45, 7) is 8.41. The smallest absolute Gasteiger partial charge is 0.338 e. The lowest BCUT2D eigenvalue weighted by atomic mass is 9.81. The number of aromatic carboxylic acids is 1. The maximum absolute atomic E-state index is 13.7. The van der Waals surface area contributed by atoms with Crippen molar-refractivity contribution in [2.75, 3.05) is 11.9 Å². The average Bonchev–Trinajstić information content (AvgIpc) is 2.35. The largest absolute Gasteiger partial charge is 0.478 e. The number of anilines is 1. The Morgan fingerprint density at radius 3 is 2.48 bits per heavy atom. The normalized spacial score (nSPS) is 11.5. The van der Waals surface area contributed by atoms with Gasteiger partial charge in [0.1, 0.15) is 17.1 Å². The van der Waals surface area contributed by atoms with E-state index >= 15 is 0 Å². The third-order valence-corrected chi connectivity index (χ3v) is 3.81. The fourth-order valence-corrected chi connectivity index (χ4v) is 1.55. The molecule has 0 fully saturated rings. The van der Waals surface area contributed by atoms with Crippen molar-refractivity contribution in [2.24, 2.45) is 11.3 Å². The second-order valence-electron chi connectivity index (χ2n) is 5.91. The zero-order valence-corrected chi connectivity index (χ0v) is 12.4. The summed E-state index contributed by atoms with van der Waals surface area (Å²) in [4.78, 5) is 21.1. The van der Waals surface area contributed by atoms with Crippen LogP contribution in [0.3, 0.4) is 0 Å². The Morgan fingerprint density at radius 2 is 2.05 bits per heavy atom. The molecular formula is C14H19FN2O4. The van der Waals surface area contributed by atoms with Crippen molar-refractivity contribution >= 4 is 17.3 Å². The molecule has 0 unspecified atom stereocenters. The molecule has 0 spiro atoms. The van der Waals surface area contributed by atoms with Gasteiger partial charge in [-0.25, -0.2) is 9.18 Å². The fraction of sp³-hybridized carbons (Fsp3) is 0.500. The number of hydrogen-bond donors (Lipinski definition) is 2. The molecule has 0 aliphatic heterocycles. The van der Waals surface area contributed by atoms with Crippen LogP contribution in [0.25, 0.3) is 0 Å². The van der Waals surface area contributed by atoms with Crippen LogP contribution in [0, 0.1) is 27.3 Å². The summed E-state index contributed by atoms with van der Waals surface area (Å²) >= 11 is 0. The van der Waals surface area contributed by atoms with Crippen molar-refractivity contribution in [2.45, 2.75) is 27.7 Å². The minimum absolute atomic E-state index is 0.0174. The zero-order chi connectivity index (χ0) is 16.4. The summed E-state index contributed by atoms with van der Waals surface area (Å²) < 4.78 is 13.7. The predicted octanol–water partition coefficient (Wildman–Crippen LogP) is 3.53. The molecule has 0 amide bonds. The SMILES string of the molecule is CC(C)C(C)(C)CNc1cc(F)c(C(=O)O)cc1[N+](=O)[O-]. The number of nitro groups is 1. The van der Waals surface area contributed by atoms with Crippen molar-refractivity contribution in [1.29, 1.82) is 0 Å². The van der Waals surface area contributed by atoms with Gasteiger partial charge in [0.25, 0.3) is 5.69 Å². The number of hydrogen-bond acceptors (Lipinski definition) is 4. The van der Waals surface area contributed by atoms with E-state index in [4.69, 9.17) is 5.11 Å². The van der Waals surface area contributed by atoms with Crippen molar-refractivity contribution < 1.29 is 19.2 Å². The predicted molar refractivity (Wildman–Crippen MR) is 77.1 cm³/mol. The van der Waals surface area contributed by atoms with Crippen molar-refractivity contribution in [3.8, 4) is 0 Å². The van der Waals surface area contributed by atoms with E-state index in [0.29, 0.717) is 12.5 Å². The highest BCUT2D eigenvalue weighted by Crippen LogP contribution is 2.31. The summed E-state index contributed by atoms with van der Waals surface area (Å²) in [7, 11) is 0. The summed E-state index contributed by atoms with van der Waals surface area (Å²) in [5.74, 6) is -2.23. The van der Waals surface area contributed by atoms with E-state index in [1.165, 1.54) is 0 Å². The highest BCUT2D eigenvalue weighted by atomic mass is 19.1. The van der Waals surface area contributed by atoms with Crippen LogP contribution in [0.4, 0.5) is 15.8 Å². The van der Waals surface area contributed by atoms with Crippen LogP contribution < -0.4 is 5.32 Å². The van der Waals surface area contributed by atoms with Gasteiger partial charge in [-0.2, -0.15) is 0 Å². The number of rotatable bonds is 6. The van der Waals surface area contributed by atoms with Crippen LogP contribution in [0.15, 0.2) is 12.1 Å². The van der Waals surface area contributed by atoms with E-state index in [2.05, 4.69) is 5.32 Å². The number of carboxylic acid groups (broad SMARTS) is 1. The van der Waals surface area contributed by atoms with Gasteiger partial charge in [-0.3, -0.25) is 10.1 Å². The third-order valence-electron chi connectivity index (χ3n) is 3.81. The number of halogens is 1. The Kier molecular flexibility index (Phi) is 4.88. The Hall–Kier alpha value is -2.18. The molecule has 116 valence electrons. The van der Waals surface area contributed by atoms with E-state index in [-0.39, 0.29) is 11.1 Å². The molecule has 0 atom stereocenters. The maximum Gasteiger partial charge on any atom is 0.338 e. The lowest BCUT2D eigenvalue weighted by molar-refractivity contribution is -0.384. The standard InChI is InChI=1S/C14H19FN2O4/c1-8(2)14(3,4)7-16-11-6-10(15)9(13(18)19)5-12(11)17(20)21/h5-6,8,16H,7H2,1-4H3,(H,18,19). The molecule has 0 aliphatic carbocycles. The lowest BCUT2D eigenvalue weighted by Crippen LogP contribution is -2.28. The molecule has 7 heteroatoms. The van der Waals surface area contributed by atoms with E-state index in [0.717, 1.165) is 12.1 Å². The first-order chi connectivity index (χ1) is 9.56. The quantitative estimate of drug-likeness (QED) is 0.619. The summed E-state index contributed by atoms with van der Waals surface area (Å²) in [5.41, 5.74) is -1.34. The molecule has 1 aromatic carbocycles. The Bertz CT molecular complexity index is 570. The topological polar surface area (TPSA) is 92.5 Å². The summed E-state index contributed by atoms with van der Waals surface area (Å²) in [6, 6.07) is 1.60. The molecule has 0 saturated carbocycles. The molecular weight excluding hydrogens is 279 g/mol. The van der Waals surface area contributed by atoms with Crippen LogP contribution in [-0.2, 0) is 0 Å². The van der Waals surface area contributed by atoms with Crippen LogP contribution in [0.2, 0.25) is 0 Å². The fourth-order valence-electron chi connectivity index (χ4n) is 1.55. The van der Waals surface area contributed by atoms with E-state index in [9.17, 15) is 19.3 Å². The van der Waals surface area contributed by atoms with E-state index in [1.54, 1.807) is 0 Å². The average molecular weight is 298 g/mol. The number of benzene rings is 1. The highest BCUT2D eigenvalue weighted by Gasteiger charge is 2.26. The Morgan fingerprint density at radius 1 is 1.48 bits per heavy atom. The second-order valence-corrected chi connectivity index (χ2v) is 5.91. The number of nitrogens with zero attached hydrogens (tertiary/aromatic N) is 1. The monoisotopic (exact) mass is 298 g/mol. The van der Waals surface area contributed by atoms with Gasteiger partial charge in [-0.05, 0) is 11.3 Å². The molecule has 0 aromatic heterocycles. The third kappa shape index (κ3) is 3.90. The molecule has 2 N–H and O–H groups in total. The van der Waals surface area contributed by atoms with Gasteiger partial charge in [0, 0.05) is 18.7 Å². The molecule has 0 bridgehead atoms. The maximum atomic E-state index is 13.7. The minimum Gasteiger partial charge on any atom is -0.478 e. The van der Waals surface area contributed by atoms with Gasteiger partial charge < -0.3 is 10.4 Å². The van der Waals surface area contributed by atoms with Gasteiger partial charge in [0.15, 0.2) is 0 Å². The molecule has 21 heavy (non-hydrogen) atoms. The summed E-state index contributed by atoms with van der Waals surface area (Å²) in [6.07, 6.45) is 0. The minimum atomic E-state index is -1.54. The second kappa shape index (κ2) is 6.07. The van der Waals surface area contributed by atoms with Gasteiger partial charge in [0.05, 0.1) is 4.92 Å². The Labute approximate surface area is 122 Å². The Balaban J connectivity index is 3.15. The van der Waals surface area contributed by atoms with Crippen LogP contribution in [-0.4, -0.2) is 22.5 Å². The van der Waals surface area contributed by atoms with Crippen LogP contribution >= 0.6 is 0 Å². The first-order valence-corrected chi connectivity index (χ1v) is 6.51. The van der Waals surface area contributed by atoms with Crippen molar-refractivity contribution in [3.63, 3.8) is 0 Å².